The van der Waals surface area contributed by atoms with Crippen molar-refractivity contribution in [3.8, 4) is 0 Å². The standard InChI is InChI=1S/C28H31Cl2N3O7/c1-39-24(36)12-15-28(14-11-23(35)33-28)13-10-22(34)32-21(27(38)40-2)16-17-6-8-18(9-7-17)31-26(37)25-19(29)4-3-5-20(25)30/h3-9,21H,10-16H2,1-2H3,(H,31,37)(H,32,34)(H,33,35)/t21-,28?/m0/s1. The van der Waals surface area contributed by atoms with E-state index in [0.29, 0.717) is 36.9 Å². The van der Waals surface area contributed by atoms with Crippen LogP contribution < -0.4 is 16.0 Å². The third-order valence-corrected chi connectivity index (χ3v) is 7.39. The molecule has 1 saturated heterocycles. The van der Waals surface area contributed by atoms with Gasteiger partial charge in [0, 0.05) is 36.9 Å². The molecular formula is C28H31Cl2N3O7. The van der Waals surface area contributed by atoms with E-state index in [1.165, 1.54) is 14.2 Å². The molecule has 1 fully saturated rings. The van der Waals surface area contributed by atoms with Gasteiger partial charge in [0.1, 0.15) is 6.04 Å². The fourth-order valence-electron chi connectivity index (χ4n) is 4.54. The number of anilines is 1. The van der Waals surface area contributed by atoms with E-state index in [-0.39, 0.29) is 40.8 Å². The first kappa shape index (κ1) is 30.9. The molecular weight excluding hydrogens is 561 g/mol. The summed E-state index contributed by atoms with van der Waals surface area (Å²) in [6.45, 7) is 0. The molecule has 0 spiro atoms. The first-order valence-corrected chi connectivity index (χ1v) is 13.4. The van der Waals surface area contributed by atoms with Gasteiger partial charge in [0.2, 0.25) is 11.8 Å². The molecule has 0 aliphatic carbocycles. The molecule has 10 nitrogen and oxygen atoms in total. The van der Waals surface area contributed by atoms with E-state index in [1.807, 2.05) is 0 Å². The number of nitrogens with one attached hydrogen (secondary N) is 3. The number of carbonyl (C=O) groups excluding carboxylic acids is 5. The number of hydrogen-bond donors (Lipinski definition) is 3. The maximum absolute atomic E-state index is 12.8. The van der Waals surface area contributed by atoms with E-state index in [9.17, 15) is 24.0 Å². The Morgan fingerprint density at radius 3 is 2.20 bits per heavy atom. The summed E-state index contributed by atoms with van der Waals surface area (Å²) in [5.74, 6) is -2.00. The molecule has 0 saturated carbocycles. The lowest BCUT2D eigenvalue weighted by Gasteiger charge is -2.29. The van der Waals surface area contributed by atoms with Gasteiger partial charge in [0.25, 0.3) is 5.91 Å². The van der Waals surface area contributed by atoms with Crippen LogP contribution in [0.4, 0.5) is 5.69 Å². The number of ether oxygens (including phenoxy) is 2. The number of halogens is 2. The number of hydrogen-bond acceptors (Lipinski definition) is 7. The molecule has 1 unspecified atom stereocenters. The fourth-order valence-corrected chi connectivity index (χ4v) is 5.11. The first-order valence-electron chi connectivity index (χ1n) is 12.6. The highest BCUT2D eigenvalue weighted by molar-refractivity contribution is 6.40. The Hall–Kier alpha value is -3.63. The molecule has 1 aliphatic rings. The summed E-state index contributed by atoms with van der Waals surface area (Å²) < 4.78 is 9.58. The van der Waals surface area contributed by atoms with Crippen LogP contribution in [0.25, 0.3) is 0 Å². The lowest BCUT2D eigenvalue weighted by Crippen LogP contribution is -2.46. The number of carbonyl (C=O) groups is 5. The van der Waals surface area contributed by atoms with Crippen molar-refractivity contribution in [3.05, 3.63) is 63.6 Å². The van der Waals surface area contributed by atoms with Gasteiger partial charge in [-0.05, 0) is 49.1 Å². The Labute approximate surface area is 242 Å². The van der Waals surface area contributed by atoms with Gasteiger partial charge in [-0.15, -0.1) is 0 Å². The van der Waals surface area contributed by atoms with Crippen LogP contribution in [0.3, 0.4) is 0 Å². The minimum absolute atomic E-state index is 0.0323. The summed E-state index contributed by atoms with van der Waals surface area (Å²) >= 11 is 12.2. The van der Waals surface area contributed by atoms with E-state index < -0.39 is 35.3 Å². The zero-order valence-electron chi connectivity index (χ0n) is 22.2. The second-order valence-electron chi connectivity index (χ2n) is 9.50. The second kappa shape index (κ2) is 14.1. The topological polar surface area (TPSA) is 140 Å². The van der Waals surface area contributed by atoms with Gasteiger partial charge >= 0.3 is 11.9 Å². The van der Waals surface area contributed by atoms with Gasteiger partial charge in [-0.25, -0.2) is 4.79 Å². The summed E-state index contributed by atoms with van der Waals surface area (Å²) in [6, 6.07) is 10.6. The average molecular weight is 592 g/mol. The van der Waals surface area contributed by atoms with Crippen molar-refractivity contribution in [1.82, 2.24) is 10.6 Å². The zero-order valence-corrected chi connectivity index (χ0v) is 23.7. The molecule has 12 heteroatoms. The first-order chi connectivity index (χ1) is 19.1. The van der Waals surface area contributed by atoms with Gasteiger partial charge in [0.15, 0.2) is 0 Å². The predicted octanol–water partition coefficient (Wildman–Crippen LogP) is 3.83. The third kappa shape index (κ3) is 8.43. The Bertz CT molecular complexity index is 1250. The van der Waals surface area contributed by atoms with E-state index in [2.05, 4.69) is 16.0 Å². The quantitative estimate of drug-likeness (QED) is 0.319. The van der Waals surface area contributed by atoms with Crippen LogP contribution in [0, 0.1) is 0 Å². The average Bonchev–Trinajstić information content (AvgIpc) is 3.31. The van der Waals surface area contributed by atoms with E-state index in [4.69, 9.17) is 32.7 Å². The predicted molar refractivity (Wildman–Crippen MR) is 149 cm³/mol. The van der Waals surface area contributed by atoms with E-state index in [0.717, 1.165) is 0 Å². The van der Waals surface area contributed by atoms with Crippen LogP contribution in [0.2, 0.25) is 10.0 Å². The van der Waals surface area contributed by atoms with Gasteiger partial charge in [-0.2, -0.15) is 0 Å². The minimum Gasteiger partial charge on any atom is -0.469 e. The molecule has 2 aromatic rings. The molecule has 2 aromatic carbocycles. The Morgan fingerprint density at radius 2 is 1.62 bits per heavy atom. The molecule has 3 N–H and O–H groups in total. The molecule has 0 bridgehead atoms. The molecule has 0 aromatic heterocycles. The van der Waals surface area contributed by atoms with Crippen LogP contribution in [-0.4, -0.2) is 55.5 Å². The zero-order chi connectivity index (χ0) is 29.3. The van der Waals surface area contributed by atoms with Crippen LogP contribution >= 0.6 is 23.2 Å². The van der Waals surface area contributed by atoms with E-state index >= 15 is 0 Å². The summed E-state index contributed by atoms with van der Waals surface area (Å²) in [5.41, 5.74) is 0.673. The van der Waals surface area contributed by atoms with Crippen molar-refractivity contribution in [2.45, 2.75) is 56.5 Å². The van der Waals surface area contributed by atoms with Gasteiger partial charge < -0.3 is 25.4 Å². The fraction of sp³-hybridized carbons (Fsp3) is 0.393. The number of esters is 2. The second-order valence-corrected chi connectivity index (χ2v) is 10.3. The van der Waals surface area contributed by atoms with Crippen LogP contribution in [0.5, 0.6) is 0 Å². The van der Waals surface area contributed by atoms with Crippen molar-refractivity contribution < 1.29 is 33.4 Å². The highest BCUT2D eigenvalue weighted by Gasteiger charge is 2.38. The molecule has 2 atom stereocenters. The summed E-state index contributed by atoms with van der Waals surface area (Å²) in [6.07, 6.45) is 1.77. The van der Waals surface area contributed by atoms with Crippen molar-refractivity contribution in [2.24, 2.45) is 0 Å². The molecule has 0 radical (unpaired) electrons. The van der Waals surface area contributed by atoms with Gasteiger partial charge in [0.05, 0.1) is 29.8 Å². The Kier molecular flexibility index (Phi) is 10.9. The smallest absolute Gasteiger partial charge is 0.328 e. The summed E-state index contributed by atoms with van der Waals surface area (Å²) in [4.78, 5) is 61.4. The van der Waals surface area contributed by atoms with Crippen LogP contribution in [0.15, 0.2) is 42.5 Å². The number of amides is 3. The largest absolute Gasteiger partial charge is 0.469 e. The Balaban J connectivity index is 1.60. The van der Waals surface area contributed by atoms with E-state index in [1.54, 1.807) is 42.5 Å². The molecule has 3 amide bonds. The molecule has 214 valence electrons. The maximum atomic E-state index is 12.8. The molecule has 3 rings (SSSR count). The lowest BCUT2D eigenvalue weighted by atomic mass is 9.86. The van der Waals surface area contributed by atoms with Crippen molar-refractivity contribution in [2.75, 3.05) is 19.5 Å². The van der Waals surface area contributed by atoms with Crippen LogP contribution in [-0.2, 0) is 35.1 Å². The van der Waals surface area contributed by atoms with Crippen molar-refractivity contribution in [1.29, 1.82) is 0 Å². The molecule has 1 aliphatic heterocycles. The SMILES string of the molecule is COC(=O)CCC1(CCC(=O)N[C@@H](Cc2ccc(NC(=O)c3c(Cl)cccc3Cl)cc2)C(=O)OC)CCC(=O)N1. The normalized spacial score (nSPS) is 16.9. The van der Waals surface area contributed by atoms with Crippen molar-refractivity contribution in [3.63, 3.8) is 0 Å². The lowest BCUT2D eigenvalue weighted by molar-refractivity contribution is -0.145. The number of rotatable bonds is 12. The van der Waals surface area contributed by atoms with Gasteiger partial charge in [-0.3, -0.25) is 19.2 Å². The summed E-state index contributed by atoms with van der Waals surface area (Å²) in [5, 5.41) is 8.79. The number of methoxy groups -OCH3 is 2. The Morgan fingerprint density at radius 1 is 0.975 bits per heavy atom. The van der Waals surface area contributed by atoms with Crippen LogP contribution in [0.1, 0.15) is 54.4 Å². The highest BCUT2D eigenvalue weighted by Crippen LogP contribution is 2.30. The monoisotopic (exact) mass is 591 g/mol. The van der Waals surface area contributed by atoms with Crippen molar-refractivity contribution >= 4 is 58.5 Å². The minimum atomic E-state index is -0.955. The third-order valence-electron chi connectivity index (χ3n) is 6.76. The summed E-state index contributed by atoms with van der Waals surface area (Å²) in [7, 11) is 2.53. The maximum Gasteiger partial charge on any atom is 0.328 e. The molecule has 1 heterocycles. The highest BCUT2D eigenvalue weighted by atomic mass is 35.5. The molecule has 40 heavy (non-hydrogen) atoms. The van der Waals surface area contributed by atoms with Gasteiger partial charge in [-0.1, -0.05) is 41.4 Å². The number of benzene rings is 2.